The number of carbonyl (C=O) groups is 1. The lowest BCUT2D eigenvalue weighted by molar-refractivity contribution is -0.0886. The molecule has 0 spiro atoms. The first-order valence-electron chi connectivity index (χ1n) is 5.68. The van der Waals surface area contributed by atoms with Gasteiger partial charge in [0.15, 0.2) is 6.23 Å². The molecule has 0 aromatic rings. The van der Waals surface area contributed by atoms with Crippen LogP contribution in [0.2, 0.25) is 0 Å². The van der Waals surface area contributed by atoms with Crippen molar-refractivity contribution in [3.05, 3.63) is 0 Å². The van der Waals surface area contributed by atoms with Gasteiger partial charge in [-0.25, -0.2) is 4.79 Å². The van der Waals surface area contributed by atoms with Crippen molar-refractivity contribution >= 4 is 12.0 Å². The molecule has 6 N–H and O–H groups in total. The van der Waals surface area contributed by atoms with Gasteiger partial charge in [-0.15, -0.1) is 5.10 Å². The maximum atomic E-state index is 11.9. The van der Waals surface area contributed by atoms with Crippen LogP contribution in [-0.4, -0.2) is 82.0 Å². The molecule has 2 rings (SSSR count). The monoisotopic (exact) mass is 275 g/mol. The SMILES string of the molecule is CN1CN([C@@H]2O[C@H](CO)[C@@H](O)[C@H]2O)C(=O)NC1=NN. The second-order valence-corrected chi connectivity index (χ2v) is 4.42. The van der Waals surface area contributed by atoms with Gasteiger partial charge in [0, 0.05) is 7.05 Å². The van der Waals surface area contributed by atoms with Crippen LogP contribution in [0.25, 0.3) is 0 Å². The van der Waals surface area contributed by atoms with Crippen molar-refractivity contribution in [1.82, 2.24) is 15.1 Å². The summed E-state index contributed by atoms with van der Waals surface area (Å²) in [6, 6.07) is -0.558. The summed E-state index contributed by atoms with van der Waals surface area (Å²) in [6.45, 7) is -0.371. The Morgan fingerprint density at radius 1 is 1.53 bits per heavy atom. The zero-order chi connectivity index (χ0) is 14.2. The molecular formula is C9H17N5O5. The third-order valence-corrected chi connectivity index (χ3v) is 3.15. The molecular weight excluding hydrogens is 258 g/mol. The van der Waals surface area contributed by atoms with E-state index in [1.54, 1.807) is 7.05 Å². The van der Waals surface area contributed by atoms with Crippen molar-refractivity contribution in [3.63, 3.8) is 0 Å². The van der Waals surface area contributed by atoms with Crippen molar-refractivity contribution in [3.8, 4) is 0 Å². The quantitative estimate of drug-likeness (QED) is 0.260. The van der Waals surface area contributed by atoms with Crippen molar-refractivity contribution in [2.75, 3.05) is 20.3 Å². The maximum absolute atomic E-state index is 11.9. The Hall–Kier alpha value is -1.62. The van der Waals surface area contributed by atoms with E-state index < -0.39 is 37.2 Å². The summed E-state index contributed by atoms with van der Waals surface area (Å²) in [7, 11) is 1.64. The lowest BCUT2D eigenvalue weighted by atomic mass is 10.1. The van der Waals surface area contributed by atoms with E-state index in [0.717, 1.165) is 0 Å². The van der Waals surface area contributed by atoms with Gasteiger partial charge in [0.1, 0.15) is 18.3 Å². The Morgan fingerprint density at radius 3 is 2.74 bits per heavy atom. The topological polar surface area (TPSA) is 144 Å². The van der Waals surface area contributed by atoms with E-state index in [0.29, 0.717) is 0 Å². The number of aliphatic hydroxyl groups is 3. The van der Waals surface area contributed by atoms with E-state index in [-0.39, 0.29) is 12.6 Å². The van der Waals surface area contributed by atoms with Gasteiger partial charge in [-0.3, -0.25) is 10.2 Å². The molecule has 0 aromatic carbocycles. The van der Waals surface area contributed by atoms with Gasteiger partial charge in [0.05, 0.1) is 13.3 Å². The second-order valence-electron chi connectivity index (χ2n) is 4.42. The summed E-state index contributed by atoms with van der Waals surface area (Å²) in [6.07, 6.45) is -4.53. The number of aliphatic hydroxyl groups excluding tert-OH is 3. The molecule has 10 heteroatoms. The number of rotatable bonds is 2. The molecule has 2 fully saturated rings. The van der Waals surface area contributed by atoms with Gasteiger partial charge in [-0.05, 0) is 0 Å². The van der Waals surface area contributed by atoms with E-state index in [9.17, 15) is 15.0 Å². The molecule has 4 atom stereocenters. The zero-order valence-electron chi connectivity index (χ0n) is 10.3. The summed E-state index contributed by atoms with van der Waals surface area (Å²) < 4.78 is 5.28. The number of amides is 2. The average molecular weight is 275 g/mol. The minimum atomic E-state index is -1.30. The Bertz CT molecular complexity index is 391. The molecule has 2 aliphatic rings. The summed E-state index contributed by atoms with van der Waals surface area (Å²) in [5.74, 6) is 5.30. The first-order valence-corrected chi connectivity index (χ1v) is 5.68. The summed E-state index contributed by atoms with van der Waals surface area (Å²) >= 11 is 0. The van der Waals surface area contributed by atoms with Crippen LogP contribution in [0.3, 0.4) is 0 Å². The van der Waals surface area contributed by atoms with Crippen LogP contribution in [0.5, 0.6) is 0 Å². The minimum Gasteiger partial charge on any atom is -0.394 e. The first-order chi connectivity index (χ1) is 8.99. The van der Waals surface area contributed by atoms with E-state index in [1.165, 1.54) is 9.80 Å². The van der Waals surface area contributed by atoms with Gasteiger partial charge in [0.2, 0.25) is 5.96 Å². The highest BCUT2D eigenvalue weighted by Gasteiger charge is 2.48. The zero-order valence-corrected chi connectivity index (χ0v) is 10.3. The van der Waals surface area contributed by atoms with Crippen molar-refractivity contribution in [2.24, 2.45) is 10.9 Å². The number of nitrogens with two attached hydrogens (primary N) is 1. The number of hydrogen-bond donors (Lipinski definition) is 5. The number of carbonyl (C=O) groups excluding carboxylic acids is 1. The molecule has 0 unspecified atom stereocenters. The molecule has 19 heavy (non-hydrogen) atoms. The maximum Gasteiger partial charge on any atom is 0.327 e. The van der Waals surface area contributed by atoms with E-state index in [2.05, 4.69) is 10.4 Å². The lowest BCUT2D eigenvalue weighted by Crippen LogP contribution is -2.63. The van der Waals surface area contributed by atoms with Gasteiger partial charge in [-0.2, -0.15) is 0 Å². The van der Waals surface area contributed by atoms with Gasteiger partial charge in [0.25, 0.3) is 0 Å². The van der Waals surface area contributed by atoms with E-state index in [1.807, 2.05) is 0 Å². The van der Waals surface area contributed by atoms with Crippen molar-refractivity contribution in [2.45, 2.75) is 24.5 Å². The lowest BCUT2D eigenvalue weighted by Gasteiger charge is -2.38. The average Bonchev–Trinajstić information content (AvgIpc) is 2.68. The highest BCUT2D eigenvalue weighted by molar-refractivity contribution is 5.98. The van der Waals surface area contributed by atoms with Crippen molar-refractivity contribution in [1.29, 1.82) is 0 Å². The Balaban J connectivity index is 2.12. The Morgan fingerprint density at radius 2 is 2.21 bits per heavy atom. The molecule has 0 saturated carbocycles. The van der Waals surface area contributed by atoms with Crippen LogP contribution < -0.4 is 11.2 Å². The predicted octanol–water partition coefficient (Wildman–Crippen LogP) is -3.43. The Kier molecular flexibility index (Phi) is 3.75. The second kappa shape index (κ2) is 5.17. The Labute approximate surface area is 109 Å². The third kappa shape index (κ3) is 2.30. The minimum absolute atomic E-state index is 0.0778. The molecule has 2 heterocycles. The number of hydrazone groups is 1. The molecule has 0 aromatic heterocycles. The molecule has 10 nitrogen and oxygen atoms in total. The molecule has 108 valence electrons. The van der Waals surface area contributed by atoms with Crippen LogP contribution in [0.1, 0.15) is 0 Å². The van der Waals surface area contributed by atoms with Crippen LogP contribution >= 0.6 is 0 Å². The molecule has 2 amide bonds. The van der Waals surface area contributed by atoms with Crippen LogP contribution in [0.15, 0.2) is 5.10 Å². The van der Waals surface area contributed by atoms with Gasteiger partial charge < -0.3 is 30.8 Å². The van der Waals surface area contributed by atoms with Gasteiger partial charge >= 0.3 is 6.03 Å². The number of urea groups is 1. The fraction of sp³-hybridized carbons (Fsp3) is 0.778. The van der Waals surface area contributed by atoms with Gasteiger partial charge in [-0.1, -0.05) is 0 Å². The molecule has 0 bridgehead atoms. The molecule has 0 aliphatic carbocycles. The first kappa shape index (κ1) is 13.8. The fourth-order valence-corrected chi connectivity index (χ4v) is 2.09. The molecule has 2 aliphatic heterocycles. The molecule has 2 saturated heterocycles. The van der Waals surface area contributed by atoms with E-state index >= 15 is 0 Å². The number of hydrogen-bond acceptors (Lipinski definition) is 7. The summed E-state index contributed by atoms with van der Waals surface area (Å²) in [5.41, 5.74) is 0. The van der Waals surface area contributed by atoms with Crippen molar-refractivity contribution < 1.29 is 24.9 Å². The molecule has 0 radical (unpaired) electrons. The van der Waals surface area contributed by atoms with Crippen LogP contribution in [-0.2, 0) is 4.74 Å². The standard InChI is InChI=1S/C9H17N5O5/c1-13-3-14(9(18)11-8(13)12-10)7-6(17)5(16)4(2-15)19-7/h4-7,15-17H,2-3,10H2,1H3,(H,11,12,18)/t4-,5-,6-,7-/m1/s1. The number of nitrogens with one attached hydrogen (secondary N) is 1. The fourth-order valence-electron chi connectivity index (χ4n) is 2.09. The highest BCUT2D eigenvalue weighted by atomic mass is 16.6. The highest BCUT2D eigenvalue weighted by Crippen LogP contribution is 2.25. The number of nitrogens with zero attached hydrogens (tertiary/aromatic N) is 3. The largest absolute Gasteiger partial charge is 0.394 e. The third-order valence-electron chi connectivity index (χ3n) is 3.15. The number of guanidine groups is 1. The smallest absolute Gasteiger partial charge is 0.327 e. The number of ether oxygens (including phenoxy) is 1. The van der Waals surface area contributed by atoms with E-state index in [4.69, 9.17) is 15.7 Å². The predicted molar refractivity (Wildman–Crippen MR) is 62.4 cm³/mol. The summed E-state index contributed by atoms with van der Waals surface area (Å²) in [4.78, 5) is 14.6. The van der Waals surface area contributed by atoms with Crippen LogP contribution in [0.4, 0.5) is 4.79 Å². The normalized spacial score (nSPS) is 37.9. The summed E-state index contributed by atoms with van der Waals surface area (Å²) in [5, 5.41) is 34.3. The van der Waals surface area contributed by atoms with Crippen LogP contribution in [0, 0.1) is 0 Å².